The fourth-order valence-corrected chi connectivity index (χ4v) is 2.51. The molecule has 1 amide bonds. The van der Waals surface area contributed by atoms with Crippen molar-refractivity contribution in [3.05, 3.63) is 23.2 Å². The van der Waals surface area contributed by atoms with Crippen LogP contribution in [-0.4, -0.2) is 60.3 Å². The molecule has 1 fully saturated rings. The first-order chi connectivity index (χ1) is 10.9. The van der Waals surface area contributed by atoms with E-state index in [1.807, 2.05) is 0 Å². The lowest BCUT2D eigenvalue weighted by Crippen LogP contribution is -2.68. The molecular formula is C15H19NO7. The van der Waals surface area contributed by atoms with Crippen molar-refractivity contribution in [1.82, 2.24) is 4.90 Å². The molecule has 0 unspecified atom stereocenters. The number of carbonyl (C=O) groups is 3. The monoisotopic (exact) mass is 325 g/mol. The maximum Gasteiger partial charge on any atom is 0.341 e. The summed E-state index contributed by atoms with van der Waals surface area (Å²) in [6.07, 6.45) is 0.426. The predicted octanol–water partition coefficient (Wildman–Crippen LogP) is 0.944. The SMILES string of the molecule is CCOC1(C(=O)O)CN(C(=O)c2cc(C(=O)OC)c(CC)o2)C1. The minimum absolute atomic E-state index is 0.0160. The fourth-order valence-electron chi connectivity index (χ4n) is 2.51. The standard InChI is InChI=1S/C15H19NO7/c1-4-10-9(13(18)21-3)6-11(23-10)12(17)16-7-15(8-16,14(19)20)22-5-2/h6H,4-5,7-8H2,1-3H3,(H,19,20). The molecule has 2 rings (SSSR count). The molecule has 8 nitrogen and oxygen atoms in total. The smallest absolute Gasteiger partial charge is 0.341 e. The molecule has 0 spiro atoms. The number of aliphatic carboxylic acids is 1. The number of carboxylic acids is 1. The van der Waals surface area contributed by atoms with E-state index in [4.69, 9.17) is 9.15 Å². The van der Waals surface area contributed by atoms with E-state index in [-0.39, 0.29) is 31.0 Å². The number of ether oxygens (including phenoxy) is 2. The van der Waals surface area contributed by atoms with E-state index in [9.17, 15) is 19.5 Å². The van der Waals surface area contributed by atoms with E-state index in [2.05, 4.69) is 4.74 Å². The topological polar surface area (TPSA) is 106 Å². The molecule has 0 radical (unpaired) electrons. The van der Waals surface area contributed by atoms with Crippen LogP contribution in [-0.2, 0) is 20.7 Å². The van der Waals surface area contributed by atoms with Crippen LogP contribution in [0.2, 0.25) is 0 Å². The number of furan rings is 1. The first-order valence-electron chi connectivity index (χ1n) is 7.26. The Kier molecular flexibility index (Phi) is 4.74. The summed E-state index contributed by atoms with van der Waals surface area (Å²) < 4.78 is 15.3. The quantitative estimate of drug-likeness (QED) is 0.776. The Morgan fingerprint density at radius 2 is 2.00 bits per heavy atom. The number of likely N-dealkylation sites (tertiary alicyclic amines) is 1. The number of hydrogen-bond acceptors (Lipinski definition) is 6. The zero-order valence-electron chi connectivity index (χ0n) is 13.2. The van der Waals surface area contributed by atoms with Crippen molar-refractivity contribution in [1.29, 1.82) is 0 Å². The lowest BCUT2D eigenvalue weighted by atomic mass is 9.93. The third kappa shape index (κ3) is 2.94. The van der Waals surface area contributed by atoms with Gasteiger partial charge in [-0.25, -0.2) is 9.59 Å². The third-order valence-corrected chi connectivity index (χ3v) is 3.74. The van der Waals surface area contributed by atoms with Crippen LogP contribution >= 0.6 is 0 Å². The van der Waals surface area contributed by atoms with Gasteiger partial charge in [0.15, 0.2) is 11.4 Å². The number of rotatable bonds is 6. The summed E-state index contributed by atoms with van der Waals surface area (Å²) in [6, 6.07) is 1.33. The summed E-state index contributed by atoms with van der Waals surface area (Å²) in [7, 11) is 1.25. The second-order valence-electron chi connectivity index (χ2n) is 5.19. The normalized spacial score (nSPS) is 15.9. The summed E-state index contributed by atoms with van der Waals surface area (Å²) >= 11 is 0. The maximum absolute atomic E-state index is 12.4. The molecule has 1 aliphatic heterocycles. The molecule has 23 heavy (non-hydrogen) atoms. The second kappa shape index (κ2) is 6.41. The summed E-state index contributed by atoms with van der Waals surface area (Å²) in [6.45, 7) is 3.59. The van der Waals surface area contributed by atoms with E-state index in [0.29, 0.717) is 12.2 Å². The maximum atomic E-state index is 12.4. The Morgan fingerprint density at radius 1 is 1.35 bits per heavy atom. The third-order valence-electron chi connectivity index (χ3n) is 3.74. The van der Waals surface area contributed by atoms with E-state index >= 15 is 0 Å². The average molecular weight is 325 g/mol. The highest BCUT2D eigenvalue weighted by Gasteiger charge is 2.53. The van der Waals surface area contributed by atoms with Gasteiger partial charge in [-0.05, 0) is 6.92 Å². The van der Waals surface area contributed by atoms with Crippen LogP contribution in [0.5, 0.6) is 0 Å². The van der Waals surface area contributed by atoms with Crippen LogP contribution in [0.3, 0.4) is 0 Å². The van der Waals surface area contributed by atoms with Crippen LogP contribution in [0.15, 0.2) is 10.5 Å². The Morgan fingerprint density at radius 3 is 2.48 bits per heavy atom. The summed E-state index contributed by atoms with van der Waals surface area (Å²) in [5.41, 5.74) is -1.16. The van der Waals surface area contributed by atoms with Crippen LogP contribution < -0.4 is 0 Å². The van der Waals surface area contributed by atoms with Gasteiger partial charge in [0.25, 0.3) is 5.91 Å². The number of nitrogens with zero attached hydrogens (tertiary/aromatic N) is 1. The fraction of sp³-hybridized carbons (Fsp3) is 0.533. The van der Waals surface area contributed by atoms with Crippen molar-refractivity contribution in [2.45, 2.75) is 25.9 Å². The lowest BCUT2D eigenvalue weighted by Gasteiger charge is -2.45. The molecule has 126 valence electrons. The van der Waals surface area contributed by atoms with Gasteiger partial charge in [0.05, 0.1) is 20.2 Å². The second-order valence-corrected chi connectivity index (χ2v) is 5.19. The van der Waals surface area contributed by atoms with Crippen LogP contribution in [0.25, 0.3) is 0 Å². The lowest BCUT2D eigenvalue weighted by molar-refractivity contribution is -0.185. The van der Waals surface area contributed by atoms with Gasteiger partial charge in [0.1, 0.15) is 11.3 Å². The molecule has 0 bridgehead atoms. The number of aryl methyl sites for hydroxylation is 1. The number of esters is 1. The number of carboxylic acid groups (broad SMARTS) is 1. The predicted molar refractivity (Wildman–Crippen MR) is 77.3 cm³/mol. The van der Waals surface area contributed by atoms with Crippen molar-refractivity contribution in [2.75, 3.05) is 26.8 Å². The van der Waals surface area contributed by atoms with Gasteiger partial charge in [-0.15, -0.1) is 0 Å². The Bertz CT molecular complexity index is 628. The summed E-state index contributed by atoms with van der Waals surface area (Å²) in [5, 5.41) is 9.23. The van der Waals surface area contributed by atoms with Gasteiger partial charge in [0, 0.05) is 19.1 Å². The van der Waals surface area contributed by atoms with Crippen molar-refractivity contribution >= 4 is 17.8 Å². The Balaban J connectivity index is 2.15. The number of methoxy groups -OCH3 is 1. The first kappa shape index (κ1) is 17.0. The van der Waals surface area contributed by atoms with E-state index in [1.165, 1.54) is 18.1 Å². The average Bonchev–Trinajstić information content (AvgIpc) is 2.92. The Hall–Kier alpha value is -2.35. The minimum atomic E-state index is -1.37. The highest BCUT2D eigenvalue weighted by molar-refractivity contribution is 5.98. The van der Waals surface area contributed by atoms with Gasteiger partial charge >= 0.3 is 11.9 Å². The van der Waals surface area contributed by atoms with Crippen molar-refractivity contribution in [3.63, 3.8) is 0 Å². The van der Waals surface area contributed by atoms with Crippen LogP contribution in [0, 0.1) is 0 Å². The van der Waals surface area contributed by atoms with Crippen molar-refractivity contribution in [3.8, 4) is 0 Å². The number of amides is 1. The van der Waals surface area contributed by atoms with Crippen LogP contribution in [0.4, 0.5) is 0 Å². The molecule has 0 aliphatic carbocycles. The first-order valence-corrected chi connectivity index (χ1v) is 7.26. The number of carbonyl (C=O) groups excluding carboxylic acids is 2. The molecule has 0 aromatic carbocycles. The van der Waals surface area contributed by atoms with Gasteiger partial charge in [0.2, 0.25) is 0 Å². The molecule has 8 heteroatoms. The summed E-state index contributed by atoms with van der Waals surface area (Å²) in [5.74, 6) is -1.83. The molecular weight excluding hydrogens is 306 g/mol. The molecule has 1 saturated heterocycles. The zero-order chi connectivity index (χ0) is 17.2. The van der Waals surface area contributed by atoms with Crippen LogP contribution in [0.1, 0.15) is 40.5 Å². The highest BCUT2D eigenvalue weighted by atomic mass is 16.5. The summed E-state index contributed by atoms with van der Waals surface area (Å²) in [4.78, 5) is 36.6. The Labute approximate surface area is 132 Å². The molecule has 1 aliphatic rings. The zero-order valence-corrected chi connectivity index (χ0v) is 13.2. The minimum Gasteiger partial charge on any atom is -0.479 e. The van der Waals surface area contributed by atoms with E-state index in [1.54, 1.807) is 13.8 Å². The van der Waals surface area contributed by atoms with Gasteiger partial charge < -0.3 is 23.9 Å². The largest absolute Gasteiger partial charge is 0.479 e. The molecule has 2 heterocycles. The van der Waals surface area contributed by atoms with Gasteiger partial charge in [-0.3, -0.25) is 4.79 Å². The van der Waals surface area contributed by atoms with E-state index in [0.717, 1.165) is 0 Å². The molecule has 1 aromatic rings. The molecule has 0 saturated carbocycles. The van der Waals surface area contributed by atoms with Crippen molar-refractivity contribution in [2.24, 2.45) is 0 Å². The molecule has 0 atom stereocenters. The molecule has 1 N–H and O–H groups in total. The number of hydrogen-bond donors (Lipinski definition) is 1. The highest BCUT2D eigenvalue weighted by Crippen LogP contribution is 2.28. The molecule has 1 aromatic heterocycles. The van der Waals surface area contributed by atoms with Crippen molar-refractivity contribution < 1.29 is 33.4 Å². The van der Waals surface area contributed by atoms with E-state index < -0.39 is 23.4 Å². The van der Waals surface area contributed by atoms with Gasteiger partial charge in [-0.1, -0.05) is 6.92 Å². The van der Waals surface area contributed by atoms with Gasteiger partial charge in [-0.2, -0.15) is 0 Å².